The highest BCUT2D eigenvalue weighted by Crippen LogP contribution is 2.30. The molecule has 2 aliphatic rings. The van der Waals surface area contributed by atoms with Gasteiger partial charge in [0.15, 0.2) is 0 Å². The molecule has 0 unspecified atom stereocenters. The van der Waals surface area contributed by atoms with E-state index in [0.717, 1.165) is 43.8 Å². The highest BCUT2D eigenvalue weighted by molar-refractivity contribution is 5.91. The van der Waals surface area contributed by atoms with Gasteiger partial charge in [-0.2, -0.15) is 0 Å². The van der Waals surface area contributed by atoms with Gasteiger partial charge in [-0.25, -0.2) is 20.2 Å². The fourth-order valence-electron chi connectivity index (χ4n) is 4.95. The van der Waals surface area contributed by atoms with Gasteiger partial charge in [0.05, 0.1) is 37.8 Å². The topological polar surface area (TPSA) is 74.8 Å². The fraction of sp³-hybridized carbons (Fsp3) is 0. The molecule has 0 radical (unpaired) electrons. The SMILES string of the molecule is [C-]#[N+]/C(C#N)=C1/C=COC(c2ccc3cc(/C=C/c4ccc5cc(C6=C/C(=C(\C#N)[N+]#[C-])C=CO6)ccc5c4)ccc3c2)=C1. The zero-order valence-electron chi connectivity index (χ0n) is 23.2. The maximum atomic E-state index is 9.20. The van der Waals surface area contributed by atoms with Crippen molar-refractivity contribution in [3.8, 4) is 12.1 Å². The van der Waals surface area contributed by atoms with Crippen molar-refractivity contribution < 1.29 is 9.47 Å². The predicted molar refractivity (Wildman–Crippen MR) is 172 cm³/mol. The lowest BCUT2D eigenvalue weighted by Crippen LogP contribution is -1.94. The van der Waals surface area contributed by atoms with E-state index in [1.807, 2.05) is 48.5 Å². The molecule has 2 heterocycles. The van der Waals surface area contributed by atoms with Gasteiger partial charge < -0.3 is 9.47 Å². The van der Waals surface area contributed by atoms with Crippen molar-refractivity contribution in [2.45, 2.75) is 0 Å². The molecule has 0 saturated heterocycles. The molecule has 0 saturated carbocycles. The van der Waals surface area contributed by atoms with Crippen molar-refractivity contribution in [1.29, 1.82) is 10.5 Å². The Balaban J connectivity index is 1.22. The van der Waals surface area contributed by atoms with Crippen molar-refractivity contribution in [1.82, 2.24) is 0 Å². The summed E-state index contributed by atoms with van der Waals surface area (Å²) in [5.74, 6) is 1.17. The van der Waals surface area contributed by atoms with Crippen molar-refractivity contribution in [3.05, 3.63) is 177 Å². The average molecular weight is 565 g/mol. The van der Waals surface area contributed by atoms with Gasteiger partial charge in [0.2, 0.25) is 0 Å². The van der Waals surface area contributed by atoms with Gasteiger partial charge in [0, 0.05) is 11.1 Å². The maximum absolute atomic E-state index is 9.20. The Bertz CT molecular complexity index is 2070. The molecule has 6 rings (SSSR count). The molecule has 2 aliphatic heterocycles. The summed E-state index contributed by atoms with van der Waals surface area (Å²) in [6.07, 6.45) is 13.8. The van der Waals surface area contributed by atoms with Gasteiger partial charge >= 0.3 is 0 Å². The lowest BCUT2D eigenvalue weighted by molar-refractivity contribution is 0.432. The summed E-state index contributed by atoms with van der Waals surface area (Å²) < 4.78 is 11.3. The summed E-state index contributed by atoms with van der Waals surface area (Å²) in [5.41, 5.74) is 4.97. The van der Waals surface area contributed by atoms with E-state index < -0.39 is 0 Å². The summed E-state index contributed by atoms with van der Waals surface area (Å²) >= 11 is 0. The van der Waals surface area contributed by atoms with Gasteiger partial charge in [-0.05, 0) is 92.4 Å². The van der Waals surface area contributed by atoms with Gasteiger partial charge in [-0.15, -0.1) is 0 Å². The van der Waals surface area contributed by atoms with Crippen LogP contribution in [0.15, 0.2) is 132 Å². The van der Waals surface area contributed by atoms with Crippen LogP contribution in [0.3, 0.4) is 0 Å². The zero-order valence-corrected chi connectivity index (χ0v) is 23.2. The number of nitriles is 2. The molecular weight excluding hydrogens is 544 g/mol. The molecule has 0 N–H and O–H groups in total. The molecule has 204 valence electrons. The van der Waals surface area contributed by atoms with Gasteiger partial charge in [0.25, 0.3) is 11.4 Å². The molecular formula is C38H20N4O2. The Kier molecular flexibility index (Phi) is 7.41. The van der Waals surface area contributed by atoms with Gasteiger partial charge in [0.1, 0.15) is 11.5 Å². The van der Waals surface area contributed by atoms with Crippen molar-refractivity contribution in [2.75, 3.05) is 0 Å². The van der Waals surface area contributed by atoms with E-state index in [1.165, 1.54) is 12.5 Å². The standard InChI is InChI=1S/C38H20N4O2/c1-41-35(23-39)31-13-15-43-37(21-31)33-11-9-27-17-25(5-7-29(27)19-33)3-4-26-6-8-30-20-34(12-10-28(30)18-26)38-22-32(14-16-44-38)36(24-40)42-2/h3-22H/b4-3+,35-31-,36-32+. The second-order valence-electron chi connectivity index (χ2n) is 9.89. The molecule has 0 aliphatic carbocycles. The van der Waals surface area contributed by atoms with Crippen LogP contribution in [0.2, 0.25) is 0 Å². The molecule has 0 spiro atoms. The Morgan fingerprint density at radius 1 is 0.591 bits per heavy atom. The van der Waals surface area contributed by atoms with E-state index >= 15 is 0 Å². The molecule has 0 amide bonds. The Morgan fingerprint density at radius 2 is 1.00 bits per heavy atom. The number of hydrogen-bond acceptors (Lipinski definition) is 4. The van der Waals surface area contributed by atoms with Crippen LogP contribution in [0.1, 0.15) is 22.3 Å². The van der Waals surface area contributed by atoms with Crippen molar-refractivity contribution in [3.63, 3.8) is 0 Å². The maximum Gasteiger partial charge on any atom is 0.269 e. The van der Waals surface area contributed by atoms with E-state index in [4.69, 9.17) is 22.6 Å². The third-order valence-electron chi connectivity index (χ3n) is 7.21. The average Bonchev–Trinajstić information content (AvgIpc) is 3.08. The van der Waals surface area contributed by atoms with Crippen LogP contribution in [-0.2, 0) is 9.47 Å². The van der Waals surface area contributed by atoms with Gasteiger partial charge in [-0.1, -0.05) is 60.7 Å². The normalized spacial score (nSPS) is 16.1. The number of hydrogen-bond donors (Lipinski definition) is 0. The number of allylic oxidation sites excluding steroid dienone is 8. The molecule has 6 heteroatoms. The first-order valence-corrected chi connectivity index (χ1v) is 13.5. The fourth-order valence-corrected chi connectivity index (χ4v) is 4.95. The smallest absolute Gasteiger partial charge is 0.269 e. The van der Waals surface area contributed by atoms with Crippen LogP contribution in [0.5, 0.6) is 0 Å². The highest BCUT2D eigenvalue weighted by atomic mass is 16.5. The lowest BCUT2D eigenvalue weighted by Gasteiger charge is -2.13. The number of rotatable bonds is 4. The van der Waals surface area contributed by atoms with Crippen LogP contribution in [0, 0.1) is 35.8 Å². The highest BCUT2D eigenvalue weighted by Gasteiger charge is 2.13. The number of ether oxygens (including phenoxy) is 2. The van der Waals surface area contributed by atoms with E-state index in [0.29, 0.717) is 22.7 Å². The molecule has 4 aromatic rings. The predicted octanol–water partition coefficient (Wildman–Crippen LogP) is 9.33. The Labute approximate surface area is 254 Å². The van der Waals surface area contributed by atoms with Crippen LogP contribution in [0.4, 0.5) is 0 Å². The third-order valence-corrected chi connectivity index (χ3v) is 7.21. The van der Waals surface area contributed by atoms with Gasteiger partial charge in [-0.3, -0.25) is 0 Å². The third kappa shape index (κ3) is 5.52. The Hall–Kier alpha value is -6.86. The molecule has 0 bridgehead atoms. The molecule has 6 nitrogen and oxygen atoms in total. The first kappa shape index (κ1) is 27.3. The lowest BCUT2D eigenvalue weighted by atomic mass is 10.00. The van der Waals surface area contributed by atoms with Crippen molar-refractivity contribution >= 4 is 45.2 Å². The molecule has 0 aromatic heterocycles. The molecule has 0 atom stereocenters. The zero-order chi connectivity index (χ0) is 30.5. The minimum atomic E-state index is 0.0283. The molecule has 44 heavy (non-hydrogen) atoms. The van der Waals surface area contributed by atoms with Crippen LogP contribution < -0.4 is 0 Å². The van der Waals surface area contributed by atoms with Crippen LogP contribution in [0.25, 0.3) is 54.9 Å². The second-order valence-corrected chi connectivity index (χ2v) is 9.89. The van der Waals surface area contributed by atoms with Crippen LogP contribution >= 0.6 is 0 Å². The minimum absolute atomic E-state index is 0.0283. The summed E-state index contributed by atoms with van der Waals surface area (Å²) in [5, 5.41) is 22.6. The molecule has 0 fully saturated rings. The second kappa shape index (κ2) is 11.9. The van der Waals surface area contributed by atoms with E-state index in [9.17, 15) is 10.5 Å². The van der Waals surface area contributed by atoms with E-state index in [2.05, 4.69) is 58.2 Å². The number of nitrogens with zero attached hydrogens (tertiary/aromatic N) is 4. The number of benzene rings is 4. The number of fused-ring (bicyclic) bond motifs is 2. The summed E-state index contributed by atoms with van der Waals surface area (Å²) in [6, 6.07) is 28.4. The monoisotopic (exact) mass is 564 g/mol. The summed E-state index contributed by atoms with van der Waals surface area (Å²) in [6.45, 7) is 14.4. The first-order chi connectivity index (χ1) is 21.6. The van der Waals surface area contributed by atoms with Crippen molar-refractivity contribution in [2.24, 2.45) is 0 Å². The Morgan fingerprint density at radius 3 is 1.41 bits per heavy atom. The molecule has 4 aromatic carbocycles. The first-order valence-electron chi connectivity index (χ1n) is 13.5. The van der Waals surface area contributed by atoms with E-state index in [-0.39, 0.29) is 11.4 Å². The minimum Gasteiger partial charge on any atom is -0.464 e. The van der Waals surface area contributed by atoms with Crippen LogP contribution in [-0.4, -0.2) is 0 Å². The summed E-state index contributed by atoms with van der Waals surface area (Å²) in [4.78, 5) is 6.58. The summed E-state index contributed by atoms with van der Waals surface area (Å²) in [7, 11) is 0. The largest absolute Gasteiger partial charge is 0.464 e. The van der Waals surface area contributed by atoms with E-state index in [1.54, 1.807) is 24.3 Å². The quantitative estimate of drug-likeness (QED) is 0.141.